The molecule has 2 heterocycles. The molecule has 2 aliphatic carbocycles. The number of fused-ring (bicyclic) bond motifs is 1. The molecule has 3 aliphatic rings. The number of carbonyl (C=O) groups is 3. The first-order valence-electron chi connectivity index (χ1n) is 14.1. The Morgan fingerprint density at radius 1 is 1.00 bits per heavy atom. The Hall–Kier alpha value is -3.60. The summed E-state index contributed by atoms with van der Waals surface area (Å²) >= 11 is 0. The number of esters is 3. The molecule has 2 bridgehead atoms. The largest absolute Gasteiger partial charge is 0.462 e. The van der Waals surface area contributed by atoms with Crippen LogP contribution in [0.5, 0.6) is 0 Å². The number of aliphatic hydroxyl groups is 2. The molecule has 2 N–H and O–H groups in total. The van der Waals surface area contributed by atoms with E-state index in [2.05, 4.69) is 4.98 Å². The van der Waals surface area contributed by atoms with Crippen LogP contribution in [0.2, 0.25) is 0 Å². The fourth-order valence-electron chi connectivity index (χ4n) is 7.49. The Morgan fingerprint density at radius 3 is 2.36 bits per heavy atom. The number of hydrogen-bond donors (Lipinski definition) is 2. The third-order valence-electron chi connectivity index (χ3n) is 9.26. The molecule has 8 atom stereocenters. The summed E-state index contributed by atoms with van der Waals surface area (Å²) in [6.45, 7) is 8.05. The molecule has 8 unspecified atom stereocenters. The quantitative estimate of drug-likeness (QED) is 0.298. The van der Waals surface area contributed by atoms with E-state index >= 15 is 0 Å². The van der Waals surface area contributed by atoms with Crippen LogP contribution in [0.25, 0.3) is 6.08 Å². The average molecular weight is 580 g/mol. The van der Waals surface area contributed by atoms with E-state index in [0.29, 0.717) is 0 Å². The first kappa shape index (κ1) is 29.9. The smallest absolute Gasteiger partial charge is 0.340 e. The minimum Gasteiger partial charge on any atom is -0.462 e. The van der Waals surface area contributed by atoms with E-state index < -0.39 is 70.5 Å². The lowest BCUT2D eigenvalue weighted by molar-refractivity contribution is -0.343. The van der Waals surface area contributed by atoms with Crippen LogP contribution < -0.4 is 0 Å². The molecule has 1 aromatic heterocycles. The van der Waals surface area contributed by atoms with E-state index in [0.717, 1.165) is 5.56 Å². The Balaban J connectivity index is 1.61. The van der Waals surface area contributed by atoms with Crippen molar-refractivity contribution in [2.24, 2.45) is 11.3 Å². The van der Waals surface area contributed by atoms with E-state index in [4.69, 9.17) is 18.9 Å². The number of pyridine rings is 1. The van der Waals surface area contributed by atoms with Crippen molar-refractivity contribution in [3.63, 3.8) is 0 Å². The van der Waals surface area contributed by atoms with Gasteiger partial charge in [-0.3, -0.25) is 9.78 Å². The molecule has 1 spiro atoms. The molecule has 10 heteroatoms. The van der Waals surface area contributed by atoms with Gasteiger partial charge in [-0.25, -0.2) is 9.59 Å². The zero-order chi connectivity index (χ0) is 30.5. The van der Waals surface area contributed by atoms with Gasteiger partial charge in [-0.05, 0) is 57.9 Å². The molecular formula is C32H37NO9. The molecular weight excluding hydrogens is 542 g/mol. The molecule has 0 amide bonds. The zero-order valence-corrected chi connectivity index (χ0v) is 24.4. The summed E-state index contributed by atoms with van der Waals surface area (Å²) in [7, 11) is 0. The predicted molar refractivity (Wildman–Crippen MR) is 150 cm³/mol. The minimum absolute atomic E-state index is 0.159. The Labute approximate surface area is 244 Å². The van der Waals surface area contributed by atoms with Crippen molar-refractivity contribution in [3.8, 4) is 0 Å². The van der Waals surface area contributed by atoms with Crippen molar-refractivity contribution < 1.29 is 43.5 Å². The molecule has 2 aromatic rings. The van der Waals surface area contributed by atoms with Gasteiger partial charge in [0.15, 0.2) is 0 Å². The summed E-state index contributed by atoms with van der Waals surface area (Å²) < 4.78 is 24.7. The number of rotatable bonds is 6. The van der Waals surface area contributed by atoms with Gasteiger partial charge in [-0.1, -0.05) is 30.3 Å². The van der Waals surface area contributed by atoms with Crippen LogP contribution in [0, 0.1) is 11.3 Å². The average Bonchev–Trinajstić information content (AvgIpc) is 3.12. The lowest BCUT2D eigenvalue weighted by Crippen LogP contribution is -2.81. The molecule has 10 nitrogen and oxygen atoms in total. The van der Waals surface area contributed by atoms with Crippen LogP contribution in [0.4, 0.5) is 0 Å². The highest BCUT2D eigenvalue weighted by atomic mass is 16.6. The van der Waals surface area contributed by atoms with Crippen LogP contribution in [-0.2, 0) is 28.5 Å². The highest BCUT2D eigenvalue weighted by Crippen LogP contribution is 2.68. The summed E-state index contributed by atoms with van der Waals surface area (Å²) in [6.07, 6.45) is 0.955. The number of ether oxygens (including phenoxy) is 4. The van der Waals surface area contributed by atoms with Gasteiger partial charge in [0.05, 0.1) is 28.3 Å². The van der Waals surface area contributed by atoms with Crippen molar-refractivity contribution in [2.45, 2.75) is 88.7 Å². The molecule has 1 aliphatic heterocycles. The highest BCUT2D eigenvalue weighted by Gasteiger charge is 2.84. The van der Waals surface area contributed by atoms with E-state index in [9.17, 15) is 24.6 Å². The number of nitrogens with zero attached hydrogens (tertiary/aromatic N) is 1. The molecule has 1 aromatic carbocycles. The van der Waals surface area contributed by atoms with Crippen LogP contribution in [0.15, 0.2) is 60.9 Å². The van der Waals surface area contributed by atoms with Crippen molar-refractivity contribution in [1.29, 1.82) is 0 Å². The predicted octanol–water partition coefficient (Wildman–Crippen LogP) is 3.25. The van der Waals surface area contributed by atoms with Crippen molar-refractivity contribution in [2.75, 3.05) is 0 Å². The number of hydrogen-bond acceptors (Lipinski definition) is 10. The standard InChI is InChI=1S/C32H37NO9/c1-19(34)39-24-16-22-26(41-28(37)21-12-9-15-33-18-21)32(42-29(22,2)3)30(4,38)17-23(35)27(31(24,32)5)40-25(36)14-13-20-10-7-6-8-11-20/h6-15,18,22-24,26-27,35,38H,16-17H2,1-5H3. The molecule has 2 saturated carbocycles. The first-order chi connectivity index (χ1) is 19.7. The third kappa shape index (κ3) is 4.71. The van der Waals surface area contributed by atoms with Crippen LogP contribution in [0.3, 0.4) is 0 Å². The molecule has 0 radical (unpaired) electrons. The summed E-state index contributed by atoms with van der Waals surface area (Å²) in [5.41, 5.74) is -5.11. The van der Waals surface area contributed by atoms with Gasteiger partial charge >= 0.3 is 17.9 Å². The van der Waals surface area contributed by atoms with Gasteiger partial charge in [-0.2, -0.15) is 0 Å². The van der Waals surface area contributed by atoms with E-state index in [1.165, 1.54) is 32.3 Å². The maximum atomic E-state index is 13.4. The second kappa shape index (κ2) is 10.6. The van der Waals surface area contributed by atoms with Crippen molar-refractivity contribution in [1.82, 2.24) is 4.98 Å². The summed E-state index contributed by atoms with van der Waals surface area (Å²) in [4.78, 5) is 43.0. The topological polar surface area (TPSA) is 141 Å². The second-order valence-corrected chi connectivity index (χ2v) is 12.4. The molecule has 224 valence electrons. The minimum atomic E-state index is -1.81. The lowest BCUT2D eigenvalue weighted by Gasteiger charge is -2.65. The molecule has 3 fully saturated rings. The molecule has 5 rings (SSSR count). The third-order valence-corrected chi connectivity index (χ3v) is 9.26. The normalized spacial score (nSPS) is 36.6. The van der Waals surface area contributed by atoms with E-state index in [1.807, 2.05) is 44.2 Å². The van der Waals surface area contributed by atoms with Gasteiger partial charge in [0, 0.05) is 37.7 Å². The maximum Gasteiger partial charge on any atom is 0.340 e. The summed E-state index contributed by atoms with van der Waals surface area (Å²) in [5.74, 6) is -2.53. The summed E-state index contributed by atoms with van der Waals surface area (Å²) in [6, 6.07) is 12.3. The maximum absolute atomic E-state index is 13.4. The number of aromatic nitrogens is 1. The van der Waals surface area contributed by atoms with Crippen molar-refractivity contribution >= 4 is 24.0 Å². The second-order valence-electron chi connectivity index (χ2n) is 12.4. The monoisotopic (exact) mass is 579 g/mol. The van der Waals surface area contributed by atoms with Crippen molar-refractivity contribution in [3.05, 3.63) is 72.1 Å². The van der Waals surface area contributed by atoms with Gasteiger partial charge < -0.3 is 29.2 Å². The zero-order valence-electron chi connectivity index (χ0n) is 24.4. The SMILES string of the molecule is CC(=O)OC1CC2C(OC(=O)c3cccnc3)C3(OC2(C)C)C(C)(O)CC(O)C(OC(=O)C=Cc2ccccc2)C13C. The Morgan fingerprint density at radius 2 is 1.71 bits per heavy atom. The molecule has 42 heavy (non-hydrogen) atoms. The lowest BCUT2D eigenvalue weighted by atomic mass is 9.47. The molecule has 1 saturated heterocycles. The number of carbonyl (C=O) groups excluding carboxylic acids is 3. The van der Waals surface area contributed by atoms with Gasteiger partial charge in [0.1, 0.15) is 23.9 Å². The number of aliphatic hydroxyl groups excluding tert-OH is 1. The van der Waals surface area contributed by atoms with Crippen LogP contribution >= 0.6 is 0 Å². The van der Waals surface area contributed by atoms with Gasteiger partial charge in [-0.15, -0.1) is 0 Å². The van der Waals surface area contributed by atoms with E-state index in [-0.39, 0.29) is 18.4 Å². The van der Waals surface area contributed by atoms with Gasteiger partial charge in [0.2, 0.25) is 0 Å². The van der Waals surface area contributed by atoms with Gasteiger partial charge in [0.25, 0.3) is 0 Å². The summed E-state index contributed by atoms with van der Waals surface area (Å²) in [5, 5.41) is 23.6. The fourth-order valence-corrected chi connectivity index (χ4v) is 7.49. The Kier molecular flexibility index (Phi) is 7.53. The van der Waals surface area contributed by atoms with Crippen LogP contribution in [0.1, 0.15) is 63.4 Å². The highest BCUT2D eigenvalue weighted by molar-refractivity contribution is 5.89. The first-order valence-corrected chi connectivity index (χ1v) is 14.1. The fraction of sp³-hybridized carbons (Fsp3) is 0.500. The Bertz CT molecular complexity index is 1370. The number of benzene rings is 1. The van der Waals surface area contributed by atoms with Crippen LogP contribution in [-0.4, -0.2) is 74.3 Å². The van der Waals surface area contributed by atoms with E-state index in [1.54, 1.807) is 25.1 Å².